The van der Waals surface area contributed by atoms with Crippen molar-refractivity contribution in [1.29, 1.82) is 0 Å². The van der Waals surface area contributed by atoms with Crippen LogP contribution in [-0.2, 0) is 13.2 Å². The lowest BCUT2D eigenvalue weighted by Crippen LogP contribution is -2.35. The van der Waals surface area contributed by atoms with Crippen LogP contribution < -0.4 is 10.1 Å². The van der Waals surface area contributed by atoms with Gasteiger partial charge in [-0.2, -0.15) is 0 Å². The van der Waals surface area contributed by atoms with Gasteiger partial charge in [-0.1, -0.05) is 41.9 Å². The van der Waals surface area contributed by atoms with E-state index in [4.69, 9.17) is 16.3 Å². The number of halogens is 1. The first-order valence-electron chi connectivity index (χ1n) is 9.47. The van der Waals surface area contributed by atoms with Crippen LogP contribution in [-0.4, -0.2) is 48.3 Å². The summed E-state index contributed by atoms with van der Waals surface area (Å²) in [4.78, 5) is 6.41. The SMILES string of the molecule is CNC[C@H](O)CN(C)Cc1ccccc1OCc1ccc(-c2nccs2)c(Cl)c1. The Kier molecular flexibility index (Phi) is 8.03. The Labute approximate surface area is 180 Å². The molecule has 1 heterocycles. The zero-order chi connectivity index (χ0) is 20.6. The molecule has 0 fully saturated rings. The normalized spacial score (nSPS) is 12.3. The predicted molar refractivity (Wildman–Crippen MR) is 120 cm³/mol. The fourth-order valence-corrected chi connectivity index (χ4v) is 4.16. The molecule has 0 saturated carbocycles. The van der Waals surface area contributed by atoms with Gasteiger partial charge in [0.05, 0.1) is 11.1 Å². The lowest BCUT2D eigenvalue weighted by molar-refractivity contribution is 0.122. The van der Waals surface area contributed by atoms with Crippen molar-refractivity contribution in [3.63, 3.8) is 0 Å². The molecule has 0 spiro atoms. The molecule has 0 aliphatic rings. The smallest absolute Gasteiger partial charge is 0.124 e. The fraction of sp³-hybridized carbons (Fsp3) is 0.318. The van der Waals surface area contributed by atoms with E-state index in [0.717, 1.165) is 27.4 Å². The van der Waals surface area contributed by atoms with Crippen molar-refractivity contribution in [2.75, 3.05) is 27.2 Å². The topological polar surface area (TPSA) is 57.6 Å². The van der Waals surface area contributed by atoms with E-state index in [2.05, 4.69) is 21.3 Å². The second-order valence-corrected chi connectivity index (χ2v) is 8.26. The third-order valence-corrected chi connectivity index (χ3v) is 5.58. The Balaban J connectivity index is 1.63. The van der Waals surface area contributed by atoms with Gasteiger partial charge in [-0.15, -0.1) is 11.3 Å². The number of hydrogen-bond donors (Lipinski definition) is 2. The number of para-hydroxylation sites is 1. The van der Waals surface area contributed by atoms with Crippen LogP contribution in [0.3, 0.4) is 0 Å². The average Bonchev–Trinajstić information content (AvgIpc) is 3.22. The summed E-state index contributed by atoms with van der Waals surface area (Å²) in [6.07, 6.45) is 1.37. The molecule has 0 amide bonds. The summed E-state index contributed by atoms with van der Waals surface area (Å²) in [5.74, 6) is 0.836. The number of aliphatic hydroxyl groups is 1. The summed E-state index contributed by atoms with van der Waals surface area (Å²) in [6, 6.07) is 13.9. The number of aromatic nitrogens is 1. The van der Waals surface area contributed by atoms with Gasteiger partial charge in [0.15, 0.2) is 0 Å². The van der Waals surface area contributed by atoms with Gasteiger partial charge in [-0.3, -0.25) is 4.90 Å². The summed E-state index contributed by atoms with van der Waals surface area (Å²) in [6.45, 7) is 2.28. The Bertz CT molecular complexity index is 905. The van der Waals surface area contributed by atoms with E-state index in [0.29, 0.717) is 31.3 Å². The van der Waals surface area contributed by atoms with Crippen molar-refractivity contribution in [3.05, 3.63) is 70.2 Å². The lowest BCUT2D eigenvalue weighted by Gasteiger charge is -2.22. The number of hydrogen-bond acceptors (Lipinski definition) is 6. The maximum atomic E-state index is 9.98. The Hall–Kier alpha value is -1.96. The van der Waals surface area contributed by atoms with Crippen molar-refractivity contribution in [1.82, 2.24) is 15.2 Å². The van der Waals surface area contributed by atoms with Gasteiger partial charge in [-0.05, 0) is 31.8 Å². The number of ether oxygens (including phenoxy) is 1. The van der Waals surface area contributed by atoms with Gasteiger partial charge in [-0.25, -0.2) is 4.98 Å². The van der Waals surface area contributed by atoms with Crippen LogP contribution in [0.2, 0.25) is 5.02 Å². The molecule has 0 radical (unpaired) electrons. The van der Waals surface area contributed by atoms with E-state index in [1.54, 1.807) is 17.5 Å². The van der Waals surface area contributed by atoms with Crippen molar-refractivity contribution in [2.45, 2.75) is 19.3 Å². The van der Waals surface area contributed by atoms with E-state index in [1.165, 1.54) is 0 Å². The quantitative estimate of drug-likeness (QED) is 0.507. The van der Waals surface area contributed by atoms with E-state index >= 15 is 0 Å². The second kappa shape index (κ2) is 10.7. The van der Waals surface area contributed by atoms with Gasteiger partial charge in [0.1, 0.15) is 17.4 Å². The molecule has 1 atom stereocenters. The number of nitrogens with zero attached hydrogens (tertiary/aromatic N) is 2. The molecule has 0 aliphatic heterocycles. The molecule has 2 aromatic carbocycles. The molecule has 2 N–H and O–H groups in total. The first kappa shape index (κ1) is 21.7. The number of aliphatic hydroxyl groups excluding tert-OH is 1. The number of likely N-dealkylation sites (N-methyl/N-ethyl adjacent to an activating group) is 2. The maximum Gasteiger partial charge on any atom is 0.124 e. The standard InChI is InChI=1S/C22H26ClN3O2S/c1-24-12-18(27)14-26(2)13-17-5-3-4-6-21(17)28-15-16-7-8-19(20(23)11-16)22-25-9-10-29-22/h3-11,18,24,27H,12-15H2,1-2H3/t18-/m0/s1. The summed E-state index contributed by atoms with van der Waals surface area (Å²) in [7, 11) is 3.83. The van der Waals surface area contributed by atoms with Gasteiger partial charge in [0.2, 0.25) is 0 Å². The first-order valence-corrected chi connectivity index (χ1v) is 10.7. The third-order valence-electron chi connectivity index (χ3n) is 4.47. The van der Waals surface area contributed by atoms with E-state index in [-0.39, 0.29) is 0 Å². The molecule has 0 bridgehead atoms. The third kappa shape index (κ3) is 6.26. The molecule has 7 heteroatoms. The number of rotatable bonds is 10. The number of thiazole rings is 1. The molecule has 0 saturated heterocycles. The van der Waals surface area contributed by atoms with E-state index < -0.39 is 6.10 Å². The highest BCUT2D eigenvalue weighted by atomic mass is 35.5. The molecular weight excluding hydrogens is 406 g/mol. The number of benzene rings is 2. The van der Waals surface area contributed by atoms with Crippen LogP contribution in [0.4, 0.5) is 0 Å². The van der Waals surface area contributed by atoms with Crippen LogP contribution >= 0.6 is 22.9 Å². The lowest BCUT2D eigenvalue weighted by atomic mass is 10.1. The van der Waals surface area contributed by atoms with Crippen LogP contribution in [0.25, 0.3) is 10.6 Å². The van der Waals surface area contributed by atoms with Crippen molar-refractivity contribution in [2.24, 2.45) is 0 Å². The maximum absolute atomic E-state index is 9.98. The summed E-state index contributed by atoms with van der Waals surface area (Å²) < 4.78 is 6.09. The van der Waals surface area contributed by atoms with Crippen LogP contribution in [0.1, 0.15) is 11.1 Å². The van der Waals surface area contributed by atoms with Gasteiger partial charge in [0.25, 0.3) is 0 Å². The monoisotopic (exact) mass is 431 g/mol. The Morgan fingerprint density at radius 2 is 2.10 bits per heavy atom. The molecule has 5 nitrogen and oxygen atoms in total. The van der Waals surface area contributed by atoms with Gasteiger partial charge in [0, 0.05) is 42.3 Å². The predicted octanol–water partition coefficient (Wildman–Crippen LogP) is 4.05. The highest BCUT2D eigenvalue weighted by Gasteiger charge is 2.12. The molecule has 3 aromatic rings. The fourth-order valence-electron chi connectivity index (χ4n) is 3.13. The van der Waals surface area contributed by atoms with Crippen LogP contribution in [0.15, 0.2) is 54.0 Å². The summed E-state index contributed by atoms with van der Waals surface area (Å²) >= 11 is 8.02. The minimum Gasteiger partial charge on any atom is -0.489 e. The minimum absolute atomic E-state index is 0.406. The van der Waals surface area contributed by atoms with E-state index in [1.807, 2.05) is 55.9 Å². The van der Waals surface area contributed by atoms with Crippen molar-refractivity contribution in [3.8, 4) is 16.3 Å². The van der Waals surface area contributed by atoms with Crippen molar-refractivity contribution < 1.29 is 9.84 Å². The van der Waals surface area contributed by atoms with Gasteiger partial charge >= 0.3 is 0 Å². The van der Waals surface area contributed by atoms with Crippen LogP contribution in [0, 0.1) is 0 Å². The Morgan fingerprint density at radius 1 is 1.28 bits per heavy atom. The molecule has 29 heavy (non-hydrogen) atoms. The highest BCUT2D eigenvalue weighted by Crippen LogP contribution is 2.30. The average molecular weight is 432 g/mol. The molecule has 3 rings (SSSR count). The molecule has 154 valence electrons. The second-order valence-electron chi connectivity index (χ2n) is 6.96. The zero-order valence-corrected chi connectivity index (χ0v) is 18.2. The zero-order valence-electron chi connectivity index (χ0n) is 16.6. The summed E-state index contributed by atoms with van der Waals surface area (Å²) in [5, 5.41) is 16.5. The Morgan fingerprint density at radius 3 is 2.83 bits per heavy atom. The molecular formula is C22H26ClN3O2S. The van der Waals surface area contributed by atoms with Crippen molar-refractivity contribution >= 4 is 22.9 Å². The molecule has 1 aromatic heterocycles. The van der Waals surface area contributed by atoms with Gasteiger partial charge < -0.3 is 15.2 Å². The highest BCUT2D eigenvalue weighted by molar-refractivity contribution is 7.13. The molecule has 0 aliphatic carbocycles. The van der Waals surface area contributed by atoms with Crippen LogP contribution in [0.5, 0.6) is 5.75 Å². The first-order chi connectivity index (χ1) is 14.1. The van der Waals surface area contributed by atoms with E-state index in [9.17, 15) is 5.11 Å². The molecule has 0 unspecified atom stereocenters. The minimum atomic E-state index is -0.406. The largest absolute Gasteiger partial charge is 0.489 e. The number of nitrogens with one attached hydrogen (secondary N) is 1. The summed E-state index contributed by atoms with van der Waals surface area (Å²) in [5.41, 5.74) is 3.02.